The van der Waals surface area contributed by atoms with E-state index in [1.54, 1.807) is 0 Å². The lowest BCUT2D eigenvalue weighted by molar-refractivity contribution is -0.149. The average molecular weight is 277 g/mol. The number of carbonyl (C=O) groups is 1. The average Bonchev–Trinajstić information content (AvgIpc) is 2.97. The summed E-state index contributed by atoms with van der Waals surface area (Å²) in [6, 6.07) is 9.29. The van der Waals surface area contributed by atoms with Crippen LogP contribution in [0.4, 0.5) is 0 Å². The molecule has 0 spiro atoms. The van der Waals surface area contributed by atoms with Crippen LogP contribution in [0.5, 0.6) is 0 Å². The molecule has 4 nitrogen and oxygen atoms in total. The van der Waals surface area contributed by atoms with Crippen LogP contribution in [-0.2, 0) is 15.1 Å². The second-order valence-electron chi connectivity index (χ2n) is 5.32. The monoisotopic (exact) mass is 277 g/mol. The van der Waals surface area contributed by atoms with E-state index in [0.717, 1.165) is 18.4 Å². The Morgan fingerprint density at radius 1 is 1.35 bits per heavy atom. The Morgan fingerprint density at radius 3 is 2.55 bits per heavy atom. The first kappa shape index (κ1) is 15.0. The molecule has 1 fully saturated rings. The number of nitrogens with one attached hydrogen (secondary N) is 1. The van der Waals surface area contributed by atoms with Crippen LogP contribution in [0.2, 0.25) is 0 Å². The van der Waals surface area contributed by atoms with Gasteiger partial charge >= 0.3 is 5.97 Å². The van der Waals surface area contributed by atoms with Crippen molar-refractivity contribution < 1.29 is 14.6 Å². The van der Waals surface area contributed by atoms with Gasteiger partial charge in [0.05, 0.1) is 12.7 Å². The third kappa shape index (κ3) is 3.19. The predicted octanol–water partition coefficient (Wildman–Crippen LogP) is 2.54. The van der Waals surface area contributed by atoms with Gasteiger partial charge in [-0.15, -0.1) is 0 Å². The van der Waals surface area contributed by atoms with E-state index in [0.29, 0.717) is 6.54 Å². The minimum atomic E-state index is -1.15. The topological polar surface area (TPSA) is 58.6 Å². The zero-order chi connectivity index (χ0) is 14.4. The molecule has 0 amide bonds. The van der Waals surface area contributed by atoms with Crippen molar-refractivity contribution in [2.24, 2.45) is 0 Å². The molecule has 0 heterocycles. The van der Waals surface area contributed by atoms with Crippen LogP contribution in [0, 0.1) is 0 Å². The summed E-state index contributed by atoms with van der Waals surface area (Å²) in [5.41, 5.74) is -0.411. The van der Waals surface area contributed by atoms with E-state index in [1.807, 2.05) is 37.3 Å². The number of rotatable bonds is 7. The molecule has 0 radical (unpaired) electrons. The number of carboxylic acid groups (broad SMARTS) is 1. The van der Waals surface area contributed by atoms with Crippen LogP contribution >= 0.6 is 0 Å². The molecule has 0 bridgehead atoms. The summed E-state index contributed by atoms with van der Waals surface area (Å²) < 4.78 is 5.89. The normalized spacial score (nSPS) is 18.9. The molecule has 2 rings (SSSR count). The smallest absolute Gasteiger partial charge is 0.331 e. The maximum atomic E-state index is 11.9. The number of benzene rings is 1. The van der Waals surface area contributed by atoms with E-state index in [1.165, 1.54) is 12.8 Å². The summed E-state index contributed by atoms with van der Waals surface area (Å²) in [6.07, 6.45) is 4.64. The fourth-order valence-electron chi connectivity index (χ4n) is 2.82. The van der Waals surface area contributed by atoms with Gasteiger partial charge in [-0.3, -0.25) is 5.32 Å². The summed E-state index contributed by atoms with van der Waals surface area (Å²) in [7, 11) is 0. The first-order valence-electron chi connectivity index (χ1n) is 7.34. The number of hydrogen-bond acceptors (Lipinski definition) is 3. The predicted molar refractivity (Wildman–Crippen MR) is 77.6 cm³/mol. The number of ether oxygens (including phenoxy) is 1. The maximum absolute atomic E-state index is 11.9. The first-order valence-corrected chi connectivity index (χ1v) is 7.34. The molecule has 1 saturated carbocycles. The molecule has 20 heavy (non-hydrogen) atoms. The highest BCUT2D eigenvalue weighted by molar-refractivity contribution is 5.81. The number of hydrogen-bond donors (Lipinski definition) is 2. The molecule has 1 aliphatic carbocycles. The van der Waals surface area contributed by atoms with Gasteiger partial charge in [-0.2, -0.15) is 0 Å². The Morgan fingerprint density at radius 2 is 2.00 bits per heavy atom. The molecule has 2 N–H and O–H groups in total. The minimum absolute atomic E-state index is 0.171. The molecule has 1 aliphatic rings. The summed E-state index contributed by atoms with van der Waals surface area (Å²) >= 11 is 0. The van der Waals surface area contributed by atoms with Gasteiger partial charge in [0.15, 0.2) is 5.54 Å². The van der Waals surface area contributed by atoms with Crippen molar-refractivity contribution in [3.05, 3.63) is 35.9 Å². The van der Waals surface area contributed by atoms with Crippen molar-refractivity contribution in [2.75, 3.05) is 13.2 Å². The van der Waals surface area contributed by atoms with E-state index >= 15 is 0 Å². The van der Waals surface area contributed by atoms with Crippen LogP contribution in [0.25, 0.3) is 0 Å². The fourth-order valence-corrected chi connectivity index (χ4v) is 2.82. The molecule has 4 heteroatoms. The number of likely N-dealkylation sites (N-methyl/N-ethyl adjacent to an activating group) is 1. The van der Waals surface area contributed by atoms with Gasteiger partial charge in [0.25, 0.3) is 0 Å². The van der Waals surface area contributed by atoms with E-state index in [9.17, 15) is 9.90 Å². The summed E-state index contributed by atoms with van der Waals surface area (Å²) in [5.74, 6) is -0.886. The van der Waals surface area contributed by atoms with Crippen molar-refractivity contribution in [1.29, 1.82) is 0 Å². The summed E-state index contributed by atoms with van der Waals surface area (Å²) in [6.45, 7) is 2.66. The fraction of sp³-hybridized carbons (Fsp3) is 0.562. The van der Waals surface area contributed by atoms with Crippen LogP contribution < -0.4 is 5.32 Å². The van der Waals surface area contributed by atoms with Gasteiger partial charge in [0, 0.05) is 0 Å². The van der Waals surface area contributed by atoms with Gasteiger partial charge in [-0.1, -0.05) is 50.1 Å². The minimum Gasteiger partial charge on any atom is -0.480 e. The lowest BCUT2D eigenvalue weighted by Gasteiger charge is -2.31. The Balaban J connectivity index is 2.19. The van der Waals surface area contributed by atoms with Crippen molar-refractivity contribution in [3.8, 4) is 0 Å². The first-order chi connectivity index (χ1) is 9.69. The van der Waals surface area contributed by atoms with Crippen molar-refractivity contribution in [1.82, 2.24) is 5.32 Å². The van der Waals surface area contributed by atoms with E-state index < -0.39 is 11.5 Å². The Labute approximate surface area is 120 Å². The molecule has 110 valence electrons. The SMILES string of the molecule is CCNC(COC1CCCC1)(C(=O)O)c1ccccc1. The molecule has 0 aliphatic heterocycles. The number of aliphatic carboxylic acids is 1. The Bertz CT molecular complexity index is 429. The molecular formula is C16H23NO3. The van der Waals surface area contributed by atoms with E-state index in [-0.39, 0.29) is 12.7 Å². The Kier molecular flexibility index (Phi) is 5.15. The molecule has 1 aromatic rings. The van der Waals surface area contributed by atoms with Crippen LogP contribution in [0.15, 0.2) is 30.3 Å². The molecule has 0 aromatic heterocycles. The van der Waals surface area contributed by atoms with Crippen LogP contribution in [-0.4, -0.2) is 30.3 Å². The van der Waals surface area contributed by atoms with Gasteiger partial charge in [0.2, 0.25) is 0 Å². The Hall–Kier alpha value is -1.39. The molecule has 0 saturated heterocycles. The van der Waals surface area contributed by atoms with Crippen LogP contribution in [0.1, 0.15) is 38.2 Å². The molecule has 1 atom stereocenters. The van der Waals surface area contributed by atoms with Gasteiger partial charge in [-0.05, 0) is 24.9 Å². The highest BCUT2D eigenvalue weighted by atomic mass is 16.5. The third-order valence-corrected chi connectivity index (χ3v) is 3.95. The second-order valence-corrected chi connectivity index (χ2v) is 5.32. The van der Waals surface area contributed by atoms with Gasteiger partial charge in [0.1, 0.15) is 0 Å². The van der Waals surface area contributed by atoms with E-state index in [2.05, 4.69) is 5.32 Å². The van der Waals surface area contributed by atoms with Gasteiger partial charge in [-0.25, -0.2) is 4.79 Å². The largest absolute Gasteiger partial charge is 0.480 e. The second kappa shape index (κ2) is 6.86. The summed E-state index contributed by atoms with van der Waals surface area (Å²) in [5, 5.41) is 12.9. The zero-order valence-corrected chi connectivity index (χ0v) is 12.0. The summed E-state index contributed by atoms with van der Waals surface area (Å²) in [4.78, 5) is 11.9. The molecule has 1 unspecified atom stereocenters. The molecule has 1 aromatic carbocycles. The zero-order valence-electron chi connectivity index (χ0n) is 12.0. The molecular weight excluding hydrogens is 254 g/mol. The van der Waals surface area contributed by atoms with Crippen LogP contribution in [0.3, 0.4) is 0 Å². The lowest BCUT2D eigenvalue weighted by Crippen LogP contribution is -2.53. The lowest BCUT2D eigenvalue weighted by atomic mass is 9.90. The van der Waals surface area contributed by atoms with Crippen molar-refractivity contribution >= 4 is 5.97 Å². The van der Waals surface area contributed by atoms with Gasteiger partial charge < -0.3 is 9.84 Å². The highest BCUT2D eigenvalue weighted by Crippen LogP contribution is 2.26. The quantitative estimate of drug-likeness (QED) is 0.804. The maximum Gasteiger partial charge on any atom is 0.331 e. The standard InChI is InChI=1S/C16H23NO3/c1-2-17-16(15(18)19,13-8-4-3-5-9-13)12-20-14-10-6-7-11-14/h3-5,8-9,14,17H,2,6-7,10-12H2,1H3,(H,18,19). The van der Waals surface area contributed by atoms with E-state index in [4.69, 9.17) is 4.74 Å². The highest BCUT2D eigenvalue weighted by Gasteiger charge is 2.40. The van der Waals surface area contributed by atoms with Crippen molar-refractivity contribution in [3.63, 3.8) is 0 Å². The number of carboxylic acids is 1. The van der Waals surface area contributed by atoms with Crippen molar-refractivity contribution in [2.45, 2.75) is 44.2 Å². The third-order valence-electron chi connectivity index (χ3n) is 3.95.